The van der Waals surface area contributed by atoms with E-state index in [1.165, 1.54) is 29.2 Å². The average Bonchev–Trinajstić information content (AvgIpc) is 2.79. The van der Waals surface area contributed by atoms with Crippen LogP contribution < -0.4 is 10.2 Å². The summed E-state index contributed by atoms with van der Waals surface area (Å²) in [7, 11) is 4.17. The van der Waals surface area contributed by atoms with Crippen LogP contribution in [0.5, 0.6) is 0 Å². The predicted molar refractivity (Wildman–Crippen MR) is 73.3 cm³/mol. The molecule has 1 unspecified atom stereocenters. The first-order valence-corrected chi connectivity index (χ1v) is 6.98. The van der Waals surface area contributed by atoms with Crippen LogP contribution in [0.15, 0.2) is 24.3 Å². The number of nitrogens with zero attached hydrogens (tertiary/aromatic N) is 1. The minimum Gasteiger partial charge on any atom is -0.378 e. The molecule has 2 rings (SSSR count). The van der Waals surface area contributed by atoms with Gasteiger partial charge in [0.25, 0.3) is 0 Å². The van der Waals surface area contributed by atoms with Gasteiger partial charge in [-0.1, -0.05) is 12.1 Å². The Morgan fingerprint density at radius 1 is 1.44 bits per heavy atom. The molecule has 2 nitrogen and oxygen atoms in total. The van der Waals surface area contributed by atoms with Gasteiger partial charge >= 0.3 is 0 Å². The molecule has 0 spiro atoms. The lowest BCUT2D eigenvalue weighted by Gasteiger charge is -2.15. The zero-order valence-electron chi connectivity index (χ0n) is 10.1. The molecule has 1 aromatic carbocycles. The van der Waals surface area contributed by atoms with E-state index in [9.17, 15) is 0 Å². The van der Waals surface area contributed by atoms with E-state index < -0.39 is 0 Å². The highest BCUT2D eigenvalue weighted by Gasteiger charge is 2.14. The van der Waals surface area contributed by atoms with E-state index in [4.69, 9.17) is 0 Å². The lowest BCUT2D eigenvalue weighted by Crippen LogP contribution is -2.28. The molecule has 0 saturated carbocycles. The van der Waals surface area contributed by atoms with Crippen LogP contribution in [0.25, 0.3) is 0 Å². The number of hydrogen-bond donors (Lipinski definition) is 1. The number of hydrogen-bond acceptors (Lipinski definition) is 3. The van der Waals surface area contributed by atoms with Gasteiger partial charge in [-0.05, 0) is 29.9 Å². The molecule has 0 radical (unpaired) electrons. The molecule has 0 aliphatic carbocycles. The molecular formula is C13H20N2S. The SMILES string of the molecule is CN(C)c1cccc(CNC2CCSC2)c1. The molecule has 0 bridgehead atoms. The molecule has 3 heteroatoms. The van der Waals surface area contributed by atoms with Gasteiger partial charge in [-0.2, -0.15) is 11.8 Å². The summed E-state index contributed by atoms with van der Waals surface area (Å²) < 4.78 is 0. The number of anilines is 1. The first-order valence-electron chi connectivity index (χ1n) is 5.83. The maximum atomic E-state index is 3.62. The fourth-order valence-electron chi connectivity index (χ4n) is 1.90. The van der Waals surface area contributed by atoms with Gasteiger partial charge in [-0.15, -0.1) is 0 Å². The summed E-state index contributed by atoms with van der Waals surface area (Å²) in [6.45, 7) is 0.993. The molecular weight excluding hydrogens is 216 g/mol. The quantitative estimate of drug-likeness (QED) is 0.864. The monoisotopic (exact) mass is 236 g/mol. The zero-order valence-corrected chi connectivity index (χ0v) is 10.9. The third-order valence-corrected chi connectivity index (χ3v) is 4.11. The Balaban J connectivity index is 1.90. The average molecular weight is 236 g/mol. The van der Waals surface area contributed by atoms with Crippen molar-refractivity contribution in [3.63, 3.8) is 0 Å². The van der Waals surface area contributed by atoms with E-state index >= 15 is 0 Å². The van der Waals surface area contributed by atoms with Crippen molar-refractivity contribution in [2.75, 3.05) is 30.5 Å². The van der Waals surface area contributed by atoms with Crippen LogP contribution in [0.3, 0.4) is 0 Å². The maximum Gasteiger partial charge on any atom is 0.0364 e. The molecule has 1 atom stereocenters. The highest BCUT2D eigenvalue weighted by atomic mass is 32.2. The van der Waals surface area contributed by atoms with E-state index in [2.05, 4.69) is 60.3 Å². The smallest absolute Gasteiger partial charge is 0.0364 e. The fraction of sp³-hybridized carbons (Fsp3) is 0.538. The third kappa shape index (κ3) is 3.16. The van der Waals surface area contributed by atoms with Gasteiger partial charge in [-0.3, -0.25) is 0 Å². The lowest BCUT2D eigenvalue weighted by molar-refractivity contribution is 0.558. The normalized spacial score (nSPS) is 20.0. The Morgan fingerprint density at radius 2 is 2.31 bits per heavy atom. The van der Waals surface area contributed by atoms with Crippen molar-refractivity contribution in [2.24, 2.45) is 0 Å². The van der Waals surface area contributed by atoms with Crippen molar-refractivity contribution in [1.82, 2.24) is 5.32 Å². The number of thioether (sulfide) groups is 1. The van der Waals surface area contributed by atoms with E-state index in [1.54, 1.807) is 0 Å². The Hall–Kier alpha value is -0.670. The van der Waals surface area contributed by atoms with Crippen LogP contribution in [0.2, 0.25) is 0 Å². The number of nitrogens with one attached hydrogen (secondary N) is 1. The van der Waals surface area contributed by atoms with Gasteiger partial charge in [0, 0.05) is 38.1 Å². The van der Waals surface area contributed by atoms with Crippen molar-refractivity contribution in [3.05, 3.63) is 29.8 Å². The van der Waals surface area contributed by atoms with Crippen molar-refractivity contribution in [2.45, 2.75) is 19.0 Å². The summed E-state index contributed by atoms with van der Waals surface area (Å²) in [5.74, 6) is 2.59. The zero-order chi connectivity index (χ0) is 11.4. The summed E-state index contributed by atoms with van der Waals surface area (Å²) >= 11 is 2.05. The van der Waals surface area contributed by atoms with Gasteiger partial charge in [0.05, 0.1) is 0 Å². The standard InChI is InChI=1S/C13H20N2S/c1-15(2)13-5-3-4-11(8-13)9-14-12-6-7-16-10-12/h3-5,8,12,14H,6-7,9-10H2,1-2H3. The predicted octanol–water partition coefficient (Wildman–Crippen LogP) is 2.35. The molecule has 1 N–H and O–H groups in total. The lowest BCUT2D eigenvalue weighted by atomic mass is 10.1. The van der Waals surface area contributed by atoms with Crippen molar-refractivity contribution in [1.29, 1.82) is 0 Å². The Labute approximate surface area is 102 Å². The maximum absolute atomic E-state index is 3.62. The first-order chi connectivity index (χ1) is 7.75. The van der Waals surface area contributed by atoms with Gasteiger partial charge < -0.3 is 10.2 Å². The molecule has 1 heterocycles. The van der Waals surface area contributed by atoms with Gasteiger partial charge in [0.1, 0.15) is 0 Å². The van der Waals surface area contributed by atoms with E-state index in [0.717, 1.165) is 6.54 Å². The molecule has 1 aromatic rings. The van der Waals surface area contributed by atoms with Gasteiger partial charge in [0.15, 0.2) is 0 Å². The highest BCUT2D eigenvalue weighted by Crippen LogP contribution is 2.18. The summed E-state index contributed by atoms with van der Waals surface area (Å²) in [4.78, 5) is 2.15. The molecule has 1 fully saturated rings. The van der Waals surface area contributed by atoms with E-state index in [0.29, 0.717) is 6.04 Å². The van der Waals surface area contributed by atoms with Crippen LogP contribution in [-0.2, 0) is 6.54 Å². The molecule has 0 aromatic heterocycles. The van der Waals surface area contributed by atoms with Crippen molar-refractivity contribution in [3.8, 4) is 0 Å². The molecule has 1 saturated heterocycles. The van der Waals surface area contributed by atoms with Crippen LogP contribution in [0.1, 0.15) is 12.0 Å². The Kier molecular flexibility index (Phi) is 4.13. The van der Waals surface area contributed by atoms with Gasteiger partial charge in [0.2, 0.25) is 0 Å². The summed E-state index contributed by atoms with van der Waals surface area (Å²) in [5.41, 5.74) is 2.66. The highest BCUT2D eigenvalue weighted by molar-refractivity contribution is 7.99. The van der Waals surface area contributed by atoms with Crippen LogP contribution in [-0.4, -0.2) is 31.6 Å². The minimum atomic E-state index is 0.716. The topological polar surface area (TPSA) is 15.3 Å². The second-order valence-electron chi connectivity index (χ2n) is 4.51. The molecule has 1 aliphatic heterocycles. The third-order valence-electron chi connectivity index (χ3n) is 2.95. The molecule has 16 heavy (non-hydrogen) atoms. The molecule has 88 valence electrons. The first kappa shape index (κ1) is 11.8. The van der Waals surface area contributed by atoms with E-state index in [-0.39, 0.29) is 0 Å². The van der Waals surface area contributed by atoms with Crippen LogP contribution >= 0.6 is 11.8 Å². The van der Waals surface area contributed by atoms with Crippen LogP contribution in [0, 0.1) is 0 Å². The van der Waals surface area contributed by atoms with Gasteiger partial charge in [-0.25, -0.2) is 0 Å². The molecule has 1 aliphatic rings. The van der Waals surface area contributed by atoms with Crippen molar-refractivity contribution < 1.29 is 0 Å². The number of benzene rings is 1. The largest absolute Gasteiger partial charge is 0.378 e. The molecule has 0 amide bonds. The fourth-order valence-corrected chi connectivity index (χ4v) is 3.09. The summed E-state index contributed by atoms with van der Waals surface area (Å²) in [6, 6.07) is 9.45. The number of rotatable bonds is 4. The van der Waals surface area contributed by atoms with Crippen LogP contribution in [0.4, 0.5) is 5.69 Å². The Bertz CT molecular complexity index is 332. The van der Waals surface area contributed by atoms with E-state index in [1.807, 2.05) is 0 Å². The summed E-state index contributed by atoms with van der Waals surface area (Å²) in [6.07, 6.45) is 1.32. The minimum absolute atomic E-state index is 0.716. The second-order valence-corrected chi connectivity index (χ2v) is 5.66. The Morgan fingerprint density at radius 3 is 3.00 bits per heavy atom. The summed E-state index contributed by atoms with van der Waals surface area (Å²) in [5, 5.41) is 3.62. The second kappa shape index (κ2) is 5.60. The van der Waals surface area contributed by atoms with Crippen molar-refractivity contribution >= 4 is 17.4 Å².